The summed E-state index contributed by atoms with van der Waals surface area (Å²) < 4.78 is 21.9. The van der Waals surface area contributed by atoms with Gasteiger partial charge in [-0.3, -0.25) is 0 Å². The zero-order valence-electron chi connectivity index (χ0n) is 14.0. The van der Waals surface area contributed by atoms with Crippen LogP contribution in [0.2, 0.25) is 6.04 Å². The van der Waals surface area contributed by atoms with E-state index in [1.165, 1.54) is 0 Å². The van der Waals surface area contributed by atoms with Crippen molar-refractivity contribution < 1.29 is 17.7 Å². The summed E-state index contributed by atoms with van der Waals surface area (Å²) in [5.74, 6) is 0. The third-order valence-electron chi connectivity index (χ3n) is 2.40. The lowest BCUT2D eigenvalue weighted by Gasteiger charge is -2.30. The van der Waals surface area contributed by atoms with Crippen molar-refractivity contribution in [2.24, 2.45) is 5.73 Å². The van der Waals surface area contributed by atoms with Gasteiger partial charge in [-0.25, -0.2) is 0 Å². The first-order valence-corrected chi connectivity index (χ1v) is 10.1. The highest BCUT2D eigenvalue weighted by molar-refractivity contribution is 6.60. The largest absolute Gasteiger partial charge is 0.502 e. The molecule has 0 spiro atoms. The Morgan fingerprint density at radius 2 is 1.40 bits per heavy atom. The van der Waals surface area contributed by atoms with Gasteiger partial charge in [-0.2, -0.15) is 0 Å². The second-order valence-corrected chi connectivity index (χ2v) is 7.29. The maximum atomic E-state index is 5.74. The van der Waals surface area contributed by atoms with E-state index < -0.39 is 8.80 Å². The molecule has 0 radical (unpaired) electrons. The predicted molar refractivity (Wildman–Crippen MR) is 88.7 cm³/mol. The number of nitrogens with one attached hydrogen (secondary N) is 1. The van der Waals surface area contributed by atoms with E-state index in [0.29, 0.717) is 26.5 Å². The van der Waals surface area contributed by atoms with Gasteiger partial charge in [-0.05, 0) is 34.6 Å². The standard InChI is InChI=1S/C10H26N2O3Si.C2H8OSi/c1-5-13-16(14-6-2,15-7-3)8-10(4)12-9-11;1-2-3-4/h10,12H,5-9,11H2,1-4H3;2H2,1,4H3. The Labute approximate surface area is 128 Å². The Hall–Kier alpha value is 0.194. The summed E-state index contributed by atoms with van der Waals surface area (Å²) >= 11 is 0. The highest BCUT2D eigenvalue weighted by atomic mass is 28.4. The van der Waals surface area contributed by atoms with Gasteiger partial charge < -0.3 is 28.8 Å². The molecule has 1 unspecified atom stereocenters. The van der Waals surface area contributed by atoms with Crippen molar-refractivity contribution in [3.05, 3.63) is 0 Å². The van der Waals surface area contributed by atoms with Crippen LogP contribution in [-0.2, 0) is 17.7 Å². The van der Waals surface area contributed by atoms with Crippen LogP contribution >= 0.6 is 0 Å². The first-order valence-electron chi connectivity index (χ1n) is 7.39. The molecule has 0 saturated heterocycles. The van der Waals surface area contributed by atoms with Gasteiger partial charge in [-0.15, -0.1) is 0 Å². The lowest BCUT2D eigenvalue weighted by Crippen LogP contribution is -2.50. The minimum atomic E-state index is -2.51. The van der Waals surface area contributed by atoms with Crippen LogP contribution in [0.1, 0.15) is 34.6 Å². The van der Waals surface area contributed by atoms with Gasteiger partial charge in [0.05, 0.1) is 0 Å². The lowest BCUT2D eigenvalue weighted by molar-refractivity contribution is 0.0691. The number of rotatable bonds is 11. The molecule has 0 fully saturated rings. The first-order chi connectivity index (χ1) is 9.55. The molecule has 0 saturated carbocycles. The van der Waals surface area contributed by atoms with E-state index in [0.717, 1.165) is 23.1 Å². The van der Waals surface area contributed by atoms with Gasteiger partial charge in [0.1, 0.15) is 10.5 Å². The fraction of sp³-hybridized carbons (Fsp3) is 1.00. The molecular formula is C12H34N2O4Si2. The van der Waals surface area contributed by atoms with Crippen molar-refractivity contribution in [1.29, 1.82) is 0 Å². The third kappa shape index (κ3) is 12.0. The van der Waals surface area contributed by atoms with Crippen molar-refractivity contribution in [2.75, 3.05) is 33.1 Å². The molecule has 0 aliphatic rings. The van der Waals surface area contributed by atoms with Crippen molar-refractivity contribution in [3.8, 4) is 0 Å². The molecule has 8 heteroatoms. The Bertz CT molecular complexity index is 183. The van der Waals surface area contributed by atoms with E-state index in [1.807, 2.05) is 27.7 Å². The average molecular weight is 327 g/mol. The van der Waals surface area contributed by atoms with Crippen molar-refractivity contribution in [2.45, 2.75) is 46.7 Å². The van der Waals surface area contributed by atoms with Gasteiger partial charge in [0, 0.05) is 45.2 Å². The number of hydrogen-bond donors (Lipinski definition) is 2. The van der Waals surface area contributed by atoms with Crippen molar-refractivity contribution >= 4 is 19.3 Å². The summed E-state index contributed by atoms with van der Waals surface area (Å²) in [7, 11) is -1.62. The molecular weight excluding hydrogens is 292 g/mol. The molecule has 0 aromatic rings. The second kappa shape index (κ2) is 15.6. The molecule has 3 N–H and O–H groups in total. The van der Waals surface area contributed by atoms with Crippen LogP contribution in [0.4, 0.5) is 0 Å². The Kier molecular flexibility index (Phi) is 17.5. The second-order valence-electron chi connectivity index (χ2n) is 4.07. The Morgan fingerprint density at radius 3 is 1.65 bits per heavy atom. The van der Waals surface area contributed by atoms with E-state index in [9.17, 15) is 0 Å². The molecule has 124 valence electrons. The first kappa shape index (κ1) is 22.5. The van der Waals surface area contributed by atoms with Crippen LogP contribution in [0.3, 0.4) is 0 Å². The monoisotopic (exact) mass is 326 g/mol. The summed E-state index contributed by atoms with van der Waals surface area (Å²) in [4.78, 5) is 0. The number of nitrogens with two attached hydrogens (primary N) is 1. The molecule has 0 aromatic heterocycles. The summed E-state index contributed by atoms with van der Waals surface area (Å²) in [5, 5.41) is 3.15. The van der Waals surface area contributed by atoms with Crippen LogP contribution in [0.25, 0.3) is 0 Å². The van der Waals surface area contributed by atoms with Gasteiger partial charge in [0.25, 0.3) is 0 Å². The van der Waals surface area contributed by atoms with Crippen LogP contribution in [0.5, 0.6) is 0 Å². The molecule has 0 aliphatic heterocycles. The number of hydrogen-bond acceptors (Lipinski definition) is 6. The zero-order valence-corrected chi connectivity index (χ0v) is 17.0. The Morgan fingerprint density at radius 1 is 1.00 bits per heavy atom. The minimum absolute atomic E-state index is 0.237. The molecule has 20 heavy (non-hydrogen) atoms. The van der Waals surface area contributed by atoms with Gasteiger partial charge in [-0.1, -0.05) is 0 Å². The fourth-order valence-electron chi connectivity index (χ4n) is 1.61. The average Bonchev–Trinajstić information content (AvgIpc) is 2.40. The SMILES string of the molecule is CCO[SiH3].CCO[Si](CC(C)NCN)(OCC)OCC. The topological polar surface area (TPSA) is 75.0 Å². The molecule has 1 atom stereocenters. The van der Waals surface area contributed by atoms with E-state index in [2.05, 4.69) is 16.7 Å². The van der Waals surface area contributed by atoms with Gasteiger partial charge >= 0.3 is 8.80 Å². The third-order valence-corrected chi connectivity index (χ3v) is 6.28. The molecule has 6 nitrogen and oxygen atoms in total. The van der Waals surface area contributed by atoms with Crippen LogP contribution < -0.4 is 11.1 Å². The van der Waals surface area contributed by atoms with E-state index in [4.69, 9.17) is 19.0 Å². The quantitative estimate of drug-likeness (QED) is 0.418. The Balaban J connectivity index is 0. The maximum absolute atomic E-state index is 5.74. The molecule has 0 bridgehead atoms. The summed E-state index contributed by atoms with van der Waals surface area (Å²) in [6.07, 6.45) is 0. The van der Waals surface area contributed by atoms with Crippen molar-refractivity contribution in [3.63, 3.8) is 0 Å². The molecule has 0 aliphatic carbocycles. The van der Waals surface area contributed by atoms with E-state index in [-0.39, 0.29) is 6.04 Å². The smallest absolute Gasteiger partial charge is 0.428 e. The van der Waals surface area contributed by atoms with E-state index >= 15 is 0 Å². The molecule has 0 heterocycles. The van der Waals surface area contributed by atoms with Crippen molar-refractivity contribution in [1.82, 2.24) is 5.32 Å². The highest BCUT2D eigenvalue weighted by Crippen LogP contribution is 2.18. The molecule has 0 amide bonds. The van der Waals surface area contributed by atoms with Gasteiger partial charge in [0.2, 0.25) is 0 Å². The highest BCUT2D eigenvalue weighted by Gasteiger charge is 2.41. The summed E-state index contributed by atoms with van der Waals surface area (Å²) in [5.41, 5.74) is 5.45. The van der Waals surface area contributed by atoms with E-state index in [1.54, 1.807) is 0 Å². The zero-order chi connectivity index (χ0) is 15.9. The van der Waals surface area contributed by atoms with Crippen LogP contribution in [-0.4, -0.2) is 58.4 Å². The van der Waals surface area contributed by atoms with Crippen LogP contribution in [0.15, 0.2) is 0 Å². The maximum Gasteiger partial charge on any atom is 0.502 e. The summed E-state index contributed by atoms with van der Waals surface area (Å²) in [6, 6.07) is 0.987. The fourth-order valence-corrected chi connectivity index (χ4v) is 4.43. The predicted octanol–water partition coefficient (Wildman–Crippen LogP) is 0.232. The minimum Gasteiger partial charge on any atom is -0.428 e. The molecule has 0 rings (SSSR count). The van der Waals surface area contributed by atoms with Gasteiger partial charge in [0.15, 0.2) is 0 Å². The lowest BCUT2D eigenvalue weighted by atomic mass is 10.4. The normalized spacial score (nSPS) is 12.9. The summed E-state index contributed by atoms with van der Waals surface area (Å²) in [6.45, 7) is 13.1. The van der Waals surface area contributed by atoms with Crippen LogP contribution in [0, 0.1) is 0 Å². The molecule has 0 aromatic carbocycles.